The molecule has 0 aromatic heterocycles. The zero-order valence-corrected chi connectivity index (χ0v) is 62.8. The zero-order chi connectivity index (χ0) is 76.8. The molecular weight excluding hydrogens is 1380 g/mol. The van der Waals surface area contributed by atoms with Gasteiger partial charge in [-0.1, -0.05) is 107 Å². The number of hydrogen-bond acceptors (Lipinski definition) is 19. The molecule has 584 valence electrons. The fourth-order valence-corrected chi connectivity index (χ4v) is 16.2. The molecule has 0 bridgehead atoms. The monoisotopic (exact) mass is 1490 g/mol. The number of anilines is 2. The summed E-state index contributed by atoms with van der Waals surface area (Å²) in [7, 11) is 1.48. The highest BCUT2D eigenvalue weighted by molar-refractivity contribution is 6.02. The molecule has 1 saturated heterocycles. The Labute approximate surface area is 626 Å². The second-order valence-corrected chi connectivity index (χ2v) is 29.4. The van der Waals surface area contributed by atoms with Gasteiger partial charge in [-0.05, 0) is 135 Å². The van der Waals surface area contributed by atoms with Crippen molar-refractivity contribution in [2.75, 3.05) is 103 Å². The predicted octanol–water partition coefficient (Wildman–Crippen LogP) is 6.54. The summed E-state index contributed by atoms with van der Waals surface area (Å²) in [4.78, 5) is 135. The number of ether oxygens (including phenoxy) is 8. The SMILES string of the molecule is CCCC1OC2C[C@H]3C4CCC5=CC(=O)C=CC5(C)[C@H]4[C@@H](O)C[C@]3(C)[C@]2(C(=O)COCN(C)C(=O)[C@H](C)NC(=O)OCc2ccc(NC(=O)[C@H](CCCNC(N)=O)NC(=O)C(NC(=O)CCOCCOCCOCCOCCNC(=O)CCC(=O)N3CC4=C(C=CCC4)C=Cc4ccccc43)C(C)C)cc2)O1. The first-order chi connectivity index (χ1) is 51.3. The highest BCUT2D eigenvalue weighted by atomic mass is 16.7. The number of primary amides is 1. The van der Waals surface area contributed by atoms with Crippen molar-refractivity contribution in [2.45, 2.75) is 174 Å². The van der Waals surface area contributed by atoms with Crippen LogP contribution in [0.1, 0.15) is 136 Å². The van der Waals surface area contributed by atoms with E-state index in [2.05, 4.69) is 57.1 Å². The van der Waals surface area contributed by atoms with Crippen LogP contribution in [-0.4, -0.2) is 204 Å². The van der Waals surface area contributed by atoms with E-state index in [0.29, 0.717) is 76.5 Å². The molecule has 107 heavy (non-hydrogen) atoms. The van der Waals surface area contributed by atoms with E-state index in [4.69, 9.17) is 43.6 Å². The molecule has 4 fully saturated rings. The van der Waals surface area contributed by atoms with Crippen molar-refractivity contribution in [3.05, 3.63) is 113 Å². The highest BCUT2D eigenvalue weighted by Gasteiger charge is 2.76. The number of alkyl carbamates (subject to hydrolysis) is 1. The maximum Gasteiger partial charge on any atom is 0.408 e. The molecule has 7 aliphatic rings. The molecule has 5 aliphatic carbocycles. The van der Waals surface area contributed by atoms with Crippen LogP contribution in [0, 0.1) is 34.5 Å². The first-order valence-electron chi connectivity index (χ1n) is 37.7. The summed E-state index contributed by atoms with van der Waals surface area (Å²) in [6.07, 6.45) is 16.7. The molecule has 3 saturated carbocycles. The van der Waals surface area contributed by atoms with Crippen LogP contribution in [0.15, 0.2) is 102 Å². The number of hydrogen-bond donors (Lipinski definition) is 8. The van der Waals surface area contributed by atoms with Crippen molar-refractivity contribution in [3.63, 3.8) is 0 Å². The Morgan fingerprint density at radius 1 is 0.785 bits per heavy atom. The van der Waals surface area contributed by atoms with Crippen LogP contribution in [0.3, 0.4) is 0 Å². The van der Waals surface area contributed by atoms with Gasteiger partial charge in [-0.15, -0.1) is 0 Å². The maximum atomic E-state index is 14.7. The number of allylic oxidation sites excluding steroid dienone is 8. The normalized spacial score (nSPS) is 24.7. The quantitative estimate of drug-likeness (QED) is 0.0260. The molecule has 12 atom stereocenters. The lowest BCUT2D eigenvalue weighted by Crippen LogP contribution is -2.63. The lowest BCUT2D eigenvalue weighted by Gasteiger charge is -2.59. The van der Waals surface area contributed by atoms with E-state index < -0.39 is 95.4 Å². The molecule has 2 aromatic carbocycles. The minimum absolute atomic E-state index is 0.0201. The number of nitrogens with one attached hydrogen (secondary N) is 6. The molecule has 2 aliphatic heterocycles. The van der Waals surface area contributed by atoms with Gasteiger partial charge in [-0.25, -0.2) is 9.59 Å². The summed E-state index contributed by atoms with van der Waals surface area (Å²) in [6, 6.07) is 10.2. The second kappa shape index (κ2) is 39.1. The molecule has 2 aromatic rings. The summed E-state index contributed by atoms with van der Waals surface area (Å²) in [5.41, 5.74) is 8.59. The van der Waals surface area contributed by atoms with E-state index in [-0.39, 0.29) is 125 Å². The number of rotatable bonds is 39. The minimum Gasteiger partial charge on any atom is -0.445 e. The van der Waals surface area contributed by atoms with E-state index in [1.165, 1.54) is 24.4 Å². The number of fused-ring (bicyclic) bond motifs is 8. The van der Waals surface area contributed by atoms with Gasteiger partial charge in [-0.3, -0.25) is 38.4 Å². The number of urea groups is 1. The predicted molar refractivity (Wildman–Crippen MR) is 396 cm³/mol. The third kappa shape index (κ3) is 21.3. The maximum absolute atomic E-state index is 14.7. The third-order valence-electron chi connectivity index (χ3n) is 21.6. The fraction of sp³-hybridized carbons (Fsp3) is 0.595. The Balaban J connectivity index is 0.625. The van der Waals surface area contributed by atoms with Crippen LogP contribution < -0.4 is 42.5 Å². The van der Waals surface area contributed by atoms with Gasteiger partial charge in [-0.2, -0.15) is 0 Å². The summed E-state index contributed by atoms with van der Waals surface area (Å²) >= 11 is 0. The number of ketones is 2. The number of benzene rings is 2. The topological polar surface area (TPSA) is 369 Å². The molecule has 28 heteroatoms. The van der Waals surface area contributed by atoms with E-state index >= 15 is 0 Å². The Kier molecular flexibility index (Phi) is 30.1. The van der Waals surface area contributed by atoms with Gasteiger partial charge in [0.1, 0.15) is 38.1 Å². The number of para-hydroxylation sites is 1. The van der Waals surface area contributed by atoms with Crippen molar-refractivity contribution in [2.24, 2.45) is 40.2 Å². The standard InChI is InChI=1S/C79H109N9O19/c1-8-14-69-106-65-44-60-59-27-24-56-43-58(89)30-32-77(56,5)70(59)63(90)45-78(60,6)79(65,107-69)64(91)48-104-49-87(7)74(97)51(4)83-76(99)105-47-52-20-25-57(26-21-52)84-72(95)61(18-13-33-82-75(80)98)85-73(96)71(50(2)3)86-67(93)31-35-100-37-39-102-41-42-103-40-38-101-36-34-81-66(92)28-29-68(94)88-46-55-17-10-9-15-53(55)22-23-54-16-11-12-19-62(54)88/h9,11-12,15-16,19-23,25-26,30,32,43,50-51,59-61,63,65,69-71,90H,8,10,13-14,17-18,24,27-29,31,33-42,44-49H2,1-7H3,(H,81,92)(H,83,99)(H,84,95)(H,85,96)(H,86,93)(H3,80,82,98)/t51-,59?,60-,61-,63-,65?,69?,70+,71?,77?,78-,79+/m0/s1. The van der Waals surface area contributed by atoms with Gasteiger partial charge in [0.15, 0.2) is 23.5 Å². The highest BCUT2D eigenvalue weighted by Crippen LogP contribution is 2.70. The van der Waals surface area contributed by atoms with E-state index in [9.17, 15) is 53.1 Å². The molecule has 9 amide bonds. The molecule has 5 unspecified atom stereocenters. The summed E-state index contributed by atoms with van der Waals surface area (Å²) in [6.45, 7) is 13.1. The molecule has 28 nitrogen and oxygen atoms in total. The van der Waals surface area contributed by atoms with Crippen LogP contribution in [0.25, 0.3) is 6.08 Å². The minimum atomic E-state index is -1.40. The van der Waals surface area contributed by atoms with Gasteiger partial charge in [0.2, 0.25) is 35.4 Å². The molecule has 0 spiro atoms. The van der Waals surface area contributed by atoms with Crippen molar-refractivity contribution >= 4 is 76.6 Å². The number of amides is 9. The smallest absolute Gasteiger partial charge is 0.408 e. The van der Waals surface area contributed by atoms with Crippen molar-refractivity contribution < 1.29 is 90.9 Å². The van der Waals surface area contributed by atoms with Gasteiger partial charge in [0.05, 0.1) is 70.8 Å². The number of Topliss-reactive ketones (excluding diaryl/α,β-unsaturated/α-hetero) is 1. The number of carbonyl (C=O) groups is 10. The number of aliphatic hydroxyl groups excluding tert-OH is 1. The first-order valence-corrected chi connectivity index (χ1v) is 37.7. The Morgan fingerprint density at radius 3 is 2.22 bits per heavy atom. The number of likely N-dealkylation sites (N-methyl/N-ethyl adjacent to an activating group) is 1. The lowest BCUT2D eigenvalue weighted by atomic mass is 9.46. The molecular formula is C79H109N9O19. The summed E-state index contributed by atoms with van der Waals surface area (Å²) in [5, 5.41) is 28.2. The number of carbonyl (C=O) groups excluding carboxylic acids is 10. The molecule has 2 heterocycles. The van der Waals surface area contributed by atoms with Gasteiger partial charge < -0.3 is 90.4 Å². The Bertz CT molecular complexity index is 3650. The average molecular weight is 1490 g/mol. The van der Waals surface area contributed by atoms with E-state index in [1.54, 1.807) is 55.2 Å². The van der Waals surface area contributed by atoms with Crippen LogP contribution >= 0.6 is 0 Å². The number of nitrogens with zero attached hydrogens (tertiary/aromatic N) is 2. The molecule has 9 rings (SSSR count). The molecule has 0 radical (unpaired) electrons. The van der Waals surface area contributed by atoms with E-state index in [1.807, 2.05) is 50.3 Å². The summed E-state index contributed by atoms with van der Waals surface area (Å²) < 4.78 is 47.0. The average Bonchev–Trinajstić information content (AvgIpc) is 1.52. The van der Waals surface area contributed by atoms with Gasteiger partial charge in [0, 0.05) is 68.4 Å². The van der Waals surface area contributed by atoms with Crippen molar-refractivity contribution in [1.29, 1.82) is 0 Å². The van der Waals surface area contributed by atoms with E-state index in [0.717, 1.165) is 48.1 Å². The molecule has 9 N–H and O–H groups in total. The van der Waals surface area contributed by atoms with Crippen molar-refractivity contribution in [3.8, 4) is 0 Å². The summed E-state index contributed by atoms with van der Waals surface area (Å²) in [5.74, 6) is -3.40. The number of nitrogens with two attached hydrogens (primary N) is 1. The lowest BCUT2D eigenvalue weighted by molar-refractivity contribution is -0.201. The van der Waals surface area contributed by atoms with Crippen LogP contribution in [0.2, 0.25) is 0 Å². The number of aliphatic hydroxyl groups is 1. The first kappa shape index (κ1) is 82.6. The van der Waals surface area contributed by atoms with Crippen LogP contribution in [0.4, 0.5) is 21.0 Å². The Hall–Kier alpha value is -8.48. The largest absolute Gasteiger partial charge is 0.445 e. The fourth-order valence-electron chi connectivity index (χ4n) is 16.2. The Morgan fingerprint density at radius 2 is 1.50 bits per heavy atom. The van der Waals surface area contributed by atoms with Crippen LogP contribution in [-0.2, 0) is 82.9 Å². The zero-order valence-electron chi connectivity index (χ0n) is 62.8. The van der Waals surface area contributed by atoms with Gasteiger partial charge >= 0.3 is 12.1 Å². The van der Waals surface area contributed by atoms with Crippen LogP contribution in [0.5, 0.6) is 0 Å². The van der Waals surface area contributed by atoms with Crippen molar-refractivity contribution in [1.82, 2.24) is 31.5 Å². The third-order valence-corrected chi connectivity index (χ3v) is 21.6. The second-order valence-electron chi connectivity index (χ2n) is 29.4. The van der Waals surface area contributed by atoms with Gasteiger partial charge in [0.25, 0.3) is 0 Å².